The zero-order valence-corrected chi connectivity index (χ0v) is 16.5. The number of anilines is 1. The third-order valence-corrected chi connectivity index (χ3v) is 4.12. The second-order valence-corrected chi connectivity index (χ2v) is 6.05. The summed E-state index contributed by atoms with van der Waals surface area (Å²) in [6, 6.07) is 9.17. The van der Waals surface area contributed by atoms with Gasteiger partial charge in [-0.2, -0.15) is 0 Å². The van der Waals surface area contributed by atoms with Crippen molar-refractivity contribution in [2.75, 3.05) is 19.5 Å². The predicted octanol–water partition coefficient (Wildman–Crippen LogP) is 2.90. The third-order valence-electron chi connectivity index (χ3n) is 4.12. The summed E-state index contributed by atoms with van der Waals surface area (Å²) in [5.41, 5.74) is 0.858. The average molecular weight is 399 g/mol. The Morgan fingerprint density at radius 2 is 1.66 bits per heavy atom. The van der Waals surface area contributed by atoms with E-state index in [2.05, 4.69) is 5.32 Å². The first-order valence-corrected chi connectivity index (χ1v) is 8.65. The van der Waals surface area contributed by atoms with Gasteiger partial charge in [-0.05, 0) is 50.2 Å². The normalized spacial score (nSPS) is 11.2. The van der Waals surface area contributed by atoms with Crippen molar-refractivity contribution in [1.82, 2.24) is 0 Å². The molecule has 0 saturated heterocycles. The monoisotopic (exact) mass is 399 g/mol. The number of carbonyl (C=O) groups excluding carboxylic acids is 4. The van der Waals surface area contributed by atoms with E-state index in [0.29, 0.717) is 17.5 Å². The first-order chi connectivity index (χ1) is 13.8. The number of amides is 1. The Morgan fingerprint density at radius 1 is 1.00 bits per heavy atom. The van der Waals surface area contributed by atoms with Gasteiger partial charge < -0.3 is 19.5 Å². The molecular formula is C21H21NO7. The van der Waals surface area contributed by atoms with E-state index in [1.54, 1.807) is 24.3 Å². The highest BCUT2D eigenvalue weighted by Crippen LogP contribution is 2.33. The number of esters is 1. The van der Waals surface area contributed by atoms with Gasteiger partial charge >= 0.3 is 5.97 Å². The smallest absolute Gasteiger partial charge is 0.343 e. The fourth-order valence-corrected chi connectivity index (χ4v) is 2.56. The summed E-state index contributed by atoms with van der Waals surface area (Å²) in [7, 11) is 2.71. The number of nitrogens with one attached hydrogen (secondary N) is 1. The van der Waals surface area contributed by atoms with Gasteiger partial charge in [-0.25, -0.2) is 4.79 Å². The number of benzene rings is 2. The standard InChI is InChI=1S/C21H21NO7/c1-12(24)14-5-8-16(9-6-14)22-20(25)13(2)29-21(26)18-15(11-23)7-10-17(27-3)19(18)28-4/h5-11,13H,1-4H3,(H,22,25)/t13-/m0/s1. The molecule has 2 aromatic carbocycles. The van der Waals surface area contributed by atoms with Crippen LogP contribution < -0.4 is 14.8 Å². The number of ether oxygens (including phenoxy) is 3. The molecule has 0 fully saturated rings. The lowest BCUT2D eigenvalue weighted by Crippen LogP contribution is -2.30. The minimum Gasteiger partial charge on any atom is -0.493 e. The van der Waals surface area contributed by atoms with Gasteiger partial charge in [0.05, 0.1) is 14.2 Å². The Bertz CT molecular complexity index is 935. The van der Waals surface area contributed by atoms with Crippen molar-refractivity contribution in [2.45, 2.75) is 20.0 Å². The van der Waals surface area contributed by atoms with Crippen LogP contribution in [0.3, 0.4) is 0 Å². The molecule has 2 aromatic rings. The number of carbonyl (C=O) groups is 4. The van der Waals surface area contributed by atoms with Crippen LogP contribution in [0.5, 0.6) is 11.5 Å². The maximum atomic E-state index is 12.6. The molecule has 29 heavy (non-hydrogen) atoms. The lowest BCUT2D eigenvalue weighted by molar-refractivity contribution is -0.123. The minimum absolute atomic E-state index is 0.0366. The molecule has 0 aliphatic heterocycles. The number of rotatable bonds is 8. The lowest BCUT2D eigenvalue weighted by atomic mass is 10.1. The number of hydrogen-bond donors (Lipinski definition) is 1. The Balaban J connectivity index is 2.16. The molecule has 8 nitrogen and oxygen atoms in total. The van der Waals surface area contributed by atoms with Crippen LogP contribution >= 0.6 is 0 Å². The summed E-state index contributed by atoms with van der Waals surface area (Å²) in [4.78, 5) is 47.6. The van der Waals surface area contributed by atoms with Crippen molar-refractivity contribution in [3.8, 4) is 11.5 Å². The predicted molar refractivity (Wildman–Crippen MR) is 105 cm³/mol. The number of methoxy groups -OCH3 is 2. The number of hydrogen-bond acceptors (Lipinski definition) is 7. The molecule has 1 amide bonds. The molecule has 8 heteroatoms. The van der Waals surface area contributed by atoms with Gasteiger partial charge in [0.15, 0.2) is 29.7 Å². The SMILES string of the molecule is COc1ccc(C=O)c(C(=O)O[C@@H](C)C(=O)Nc2ccc(C(C)=O)cc2)c1OC. The summed E-state index contributed by atoms with van der Waals surface area (Å²) in [5.74, 6) is -1.30. The van der Waals surface area contributed by atoms with Crippen LogP contribution in [-0.4, -0.2) is 44.3 Å². The zero-order chi connectivity index (χ0) is 21.6. The molecule has 152 valence electrons. The molecule has 0 heterocycles. The van der Waals surface area contributed by atoms with Gasteiger partial charge in [0, 0.05) is 16.8 Å². The van der Waals surface area contributed by atoms with Crippen LogP contribution in [0.25, 0.3) is 0 Å². The molecule has 0 saturated carbocycles. The molecule has 1 N–H and O–H groups in total. The summed E-state index contributed by atoms with van der Waals surface area (Å²) < 4.78 is 15.5. The molecule has 0 aliphatic carbocycles. The Labute approximate surface area is 167 Å². The summed E-state index contributed by atoms with van der Waals surface area (Å²) in [5, 5.41) is 2.59. The van der Waals surface area contributed by atoms with Gasteiger partial charge in [-0.3, -0.25) is 14.4 Å². The van der Waals surface area contributed by atoms with Gasteiger partial charge in [0.2, 0.25) is 0 Å². The fourth-order valence-electron chi connectivity index (χ4n) is 2.56. The highest BCUT2D eigenvalue weighted by molar-refractivity contribution is 6.03. The van der Waals surface area contributed by atoms with E-state index >= 15 is 0 Å². The first-order valence-electron chi connectivity index (χ1n) is 8.65. The van der Waals surface area contributed by atoms with Gasteiger partial charge in [-0.1, -0.05) is 0 Å². The molecule has 0 radical (unpaired) electrons. The van der Waals surface area contributed by atoms with Crippen LogP contribution in [0.1, 0.15) is 44.9 Å². The largest absolute Gasteiger partial charge is 0.493 e. The topological polar surface area (TPSA) is 108 Å². The second-order valence-electron chi connectivity index (χ2n) is 6.05. The van der Waals surface area contributed by atoms with Crippen molar-refractivity contribution >= 4 is 29.6 Å². The van der Waals surface area contributed by atoms with E-state index in [4.69, 9.17) is 14.2 Å². The molecule has 0 spiro atoms. The van der Waals surface area contributed by atoms with E-state index in [1.165, 1.54) is 40.2 Å². The van der Waals surface area contributed by atoms with Crippen molar-refractivity contribution in [2.24, 2.45) is 0 Å². The van der Waals surface area contributed by atoms with E-state index in [0.717, 1.165) is 0 Å². The highest BCUT2D eigenvalue weighted by Gasteiger charge is 2.26. The van der Waals surface area contributed by atoms with Gasteiger partial charge in [0.1, 0.15) is 5.56 Å². The van der Waals surface area contributed by atoms with Crippen LogP contribution in [0.4, 0.5) is 5.69 Å². The third kappa shape index (κ3) is 4.98. The van der Waals surface area contributed by atoms with Gasteiger partial charge in [0.25, 0.3) is 5.91 Å². The van der Waals surface area contributed by atoms with E-state index in [9.17, 15) is 19.2 Å². The first kappa shape index (κ1) is 21.6. The molecule has 0 unspecified atom stereocenters. The summed E-state index contributed by atoms with van der Waals surface area (Å²) >= 11 is 0. The molecule has 2 rings (SSSR count). The quantitative estimate of drug-likeness (QED) is 0.413. The van der Waals surface area contributed by atoms with Crippen LogP contribution in [0, 0.1) is 0 Å². The van der Waals surface area contributed by atoms with Crippen molar-refractivity contribution in [1.29, 1.82) is 0 Å². The van der Waals surface area contributed by atoms with E-state index in [-0.39, 0.29) is 28.4 Å². The Kier molecular flexibility index (Phi) is 7.08. The molecule has 0 aromatic heterocycles. The number of Topliss-reactive ketones (excluding diaryl/α,β-unsaturated/α-hetero) is 1. The van der Waals surface area contributed by atoms with Crippen LogP contribution in [0.15, 0.2) is 36.4 Å². The summed E-state index contributed by atoms with van der Waals surface area (Å²) in [6.07, 6.45) is -0.676. The van der Waals surface area contributed by atoms with Crippen molar-refractivity contribution in [3.63, 3.8) is 0 Å². The van der Waals surface area contributed by atoms with Gasteiger partial charge in [-0.15, -0.1) is 0 Å². The fraction of sp³-hybridized carbons (Fsp3) is 0.238. The Morgan fingerprint density at radius 3 is 2.17 bits per heavy atom. The highest BCUT2D eigenvalue weighted by atomic mass is 16.6. The second kappa shape index (κ2) is 9.50. The maximum Gasteiger partial charge on any atom is 0.343 e. The van der Waals surface area contributed by atoms with Crippen molar-refractivity contribution < 1.29 is 33.4 Å². The number of aldehydes is 1. The maximum absolute atomic E-state index is 12.6. The molecule has 1 atom stereocenters. The van der Waals surface area contributed by atoms with Crippen molar-refractivity contribution in [3.05, 3.63) is 53.1 Å². The lowest BCUT2D eigenvalue weighted by Gasteiger charge is -2.17. The van der Waals surface area contributed by atoms with Crippen LogP contribution in [-0.2, 0) is 9.53 Å². The Hall–Kier alpha value is -3.68. The number of ketones is 1. The van der Waals surface area contributed by atoms with E-state index < -0.39 is 18.0 Å². The minimum atomic E-state index is -1.16. The average Bonchev–Trinajstić information content (AvgIpc) is 2.72. The molecule has 0 bridgehead atoms. The summed E-state index contributed by atoms with van der Waals surface area (Å²) in [6.45, 7) is 2.83. The van der Waals surface area contributed by atoms with Crippen LogP contribution in [0.2, 0.25) is 0 Å². The molecule has 0 aliphatic rings. The van der Waals surface area contributed by atoms with E-state index in [1.807, 2.05) is 0 Å². The zero-order valence-electron chi connectivity index (χ0n) is 16.5. The molecular weight excluding hydrogens is 378 g/mol.